The van der Waals surface area contributed by atoms with E-state index in [-0.39, 0.29) is 18.3 Å². The lowest BCUT2D eigenvalue weighted by molar-refractivity contribution is 0.336. The highest BCUT2D eigenvalue weighted by Gasteiger charge is 2.22. The molecule has 0 spiro atoms. The molecule has 3 aromatic rings. The number of aryl methyl sites for hydroxylation is 1. The summed E-state index contributed by atoms with van der Waals surface area (Å²) in [4.78, 5) is 0. The minimum absolute atomic E-state index is 0. The van der Waals surface area contributed by atoms with Crippen molar-refractivity contribution >= 4 is 23.3 Å². The van der Waals surface area contributed by atoms with Crippen molar-refractivity contribution in [2.24, 2.45) is 11.7 Å². The average molecular weight is 480 g/mol. The van der Waals surface area contributed by atoms with Gasteiger partial charge in [0.05, 0.1) is 11.6 Å². The van der Waals surface area contributed by atoms with Crippen LogP contribution in [0.25, 0.3) is 10.9 Å². The standard InChI is InChI=1S/C28H37N5.ClH/c1-21-4-2-5-24(16-21)25(10-15-31-12-3-11-29)27-20-33(19-22-8-13-32-14-9-22)28-7-6-23(18-30)17-26(27)28;/h2,4-7,16-17,20,22,25,31-32H,3,8-15,19,29H2,1H3;1H. The van der Waals surface area contributed by atoms with E-state index >= 15 is 0 Å². The Morgan fingerprint density at radius 3 is 2.74 bits per heavy atom. The number of hydrogen-bond acceptors (Lipinski definition) is 4. The molecule has 1 saturated heterocycles. The van der Waals surface area contributed by atoms with Gasteiger partial charge in [-0.05, 0) is 101 Å². The summed E-state index contributed by atoms with van der Waals surface area (Å²) in [6, 6.07) is 17.4. The number of benzene rings is 2. The number of nitriles is 1. The fourth-order valence-electron chi connectivity index (χ4n) is 5.15. The average Bonchev–Trinajstić information content (AvgIpc) is 3.19. The van der Waals surface area contributed by atoms with Gasteiger partial charge in [-0.25, -0.2) is 0 Å². The van der Waals surface area contributed by atoms with E-state index in [2.05, 4.69) is 70.8 Å². The third-order valence-corrected chi connectivity index (χ3v) is 6.94. The van der Waals surface area contributed by atoms with E-state index in [0.717, 1.165) is 57.7 Å². The second-order valence-corrected chi connectivity index (χ2v) is 9.42. The molecule has 0 saturated carbocycles. The zero-order chi connectivity index (χ0) is 23.0. The first-order valence-electron chi connectivity index (χ1n) is 12.4. The molecule has 1 aromatic heterocycles. The van der Waals surface area contributed by atoms with Crippen LogP contribution in [0.3, 0.4) is 0 Å². The van der Waals surface area contributed by atoms with E-state index in [0.29, 0.717) is 5.92 Å². The van der Waals surface area contributed by atoms with E-state index in [1.807, 2.05) is 6.07 Å². The second-order valence-electron chi connectivity index (χ2n) is 9.42. The van der Waals surface area contributed by atoms with Gasteiger partial charge in [-0.15, -0.1) is 12.4 Å². The van der Waals surface area contributed by atoms with E-state index in [1.54, 1.807) is 0 Å². The van der Waals surface area contributed by atoms with Crippen molar-refractivity contribution in [1.82, 2.24) is 15.2 Å². The van der Waals surface area contributed by atoms with Crippen molar-refractivity contribution in [3.05, 3.63) is 70.9 Å². The third kappa shape index (κ3) is 6.40. The fourth-order valence-corrected chi connectivity index (χ4v) is 5.15. The maximum atomic E-state index is 9.59. The molecule has 0 aliphatic carbocycles. The highest BCUT2D eigenvalue weighted by molar-refractivity contribution is 5.86. The first-order chi connectivity index (χ1) is 16.2. The number of rotatable bonds is 10. The molecule has 1 aliphatic rings. The molecule has 4 rings (SSSR count). The smallest absolute Gasteiger partial charge is 0.0991 e. The van der Waals surface area contributed by atoms with Crippen LogP contribution in [0.1, 0.15) is 53.9 Å². The van der Waals surface area contributed by atoms with Crippen LogP contribution in [0.15, 0.2) is 48.7 Å². The lowest BCUT2D eigenvalue weighted by Gasteiger charge is -2.23. The molecule has 2 heterocycles. The zero-order valence-corrected chi connectivity index (χ0v) is 21.0. The molecule has 1 fully saturated rings. The van der Waals surface area contributed by atoms with Crippen molar-refractivity contribution in [3.8, 4) is 6.07 Å². The van der Waals surface area contributed by atoms with E-state index < -0.39 is 0 Å². The highest BCUT2D eigenvalue weighted by Crippen LogP contribution is 2.36. The topological polar surface area (TPSA) is 78.8 Å². The van der Waals surface area contributed by atoms with E-state index in [4.69, 9.17) is 5.73 Å². The lowest BCUT2D eigenvalue weighted by Crippen LogP contribution is -2.29. The summed E-state index contributed by atoms with van der Waals surface area (Å²) in [6.07, 6.45) is 6.82. The maximum absolute atomic E-state index is 9.59. The fraction of sp³-hybridized carbons (Fsp3) is 0.464. The molecule has 182 valence electrons. The van der Waals surface area contributed by atoms with Gasteiger partial charge in [0.25, 0.3) is 0 Å². The number of fused-ring (bicyclic) bond motifs is 1. The van der Waals surface area contributed by atoms with Gasteiger partial charge in [-0.3, -0.25) is 0 Å². The molecule has 0 bridgehead atoms. The summed E-state index contributed by atoms with van der Waals surface area (Å²) >= 11 is 0. The monoisotopic (exact) mass is 479 g/mol. The molecule has 5 nitrogen and oxygen atoms in total. The van der Waals surface area contributed by atoms with Gasteiger partial charge in [0.1, 0.15) is 0 Å². The first kappa shape index (κ1) is 26.2. The van der Waals surface area contributed by atoms with Crippen molar-refractivity contribution in [3.63, 3.8) is 0 Å². The number of piperidine rings is 1. The number of aromatic nitrogens is 1. The molecule has 1 unspecified atom stereocenters. The highest BCUT2D eigenvalue weighted by atomic mass is 35.5. The van der Waals surface area contributed by atoms with E-state index in [1.165, 1.54) is 40.4 Å². The summed E-state index contributed by atoms with van der Waals surface area (Å²) in [7, 11) is 0. The Morgan fingerprint density at radius 1 is 1.18 bits per heavy atom. The Balaban J connectivity index is 0.00000324. The van der Waals surface area contributed by atoms with Gasteiger partial charge >= 0.3 is 0 Å². The van der Waals surface area contributed by atoms with Gasteiger partial charge < -0.3 is 20.9 Å². The van der Waals surface area contributed by atoms with Crippen LogP contribution in [-0.2, 0) is 6.54 Å². The molecule has 6 heteroatoms. The van der Waals surface area contributed by atoms with Gasteiger partial charge in [0.15, 0.2) is 0 Å². The summed E-state index contributed by atoms with van der Waals surface area (Å²) in [6.45, 7) is 8.03. The predicted molar refractivity (Wildman–Crippen MR) is 144 cm³/mol. The Bertz CT molecular complexity index is 1090. The van der Waals surface area contributed by atoms with Crippen LogP contribution in [0.5, 0.6) is 0 Å². The molecule has 0 amide bonds. The quantitative estimate of drug-likeness (QED) is 0.368. The van der Waals surface area contributed by atoms with Crippen molar-refractivity contribution in [1.29, 1.82) is 5.26 Å². The van der Waals surface area contributed by atoms with Crippen LogP contribution in [0.4, 0.5) is 0 Å². The SMILES string of the molecule is Cc1cccc(C(CCNCCCN)c2cn(CC3CCNCC3)c3ccc(C#N)cc23)c1.Cl. The zero-order valence-electron chi connectivity index (χ0n) is 20.2. The summed E-state index contributed by atoms with van der Waals surface area (Å²) < 4.78 is 2.45. The van der Waals surface area contributed by atoms with Gasteiger partial charge in [0.2, 0.25) is 0 Å². The molecule has 2 aromatic carbocycles. The Hall–Kier alpha value is -2.36. The molecule has 1 aliphatic heterocycles. The van der Waals surface area contributed by atoms with Gasteiger partial charge in [0, 0.05) is 29.6 Å². The Morgan fingerprint density at radius 2 is 2.00 bits per heavy atom. The predicted octanol–water partition coefficient (Wildman–Crippen LogP) is 4.70. The molecular weight excluding hydrogens is 442 g/mol. The summed E-state index contributed by atoms with van der Waals surface area (Å²) in [5, 5.41) is 17.9. The van der Waals surface area contributed by atoms with Crippen LogP contribution in [-0.4, -0.2) is 37.3 Å². The second kappa shape index (κ2) is 12.9. The van der Waals surface area contributed by atoms with Crippen molar-refractivity contribution in [2.45, 2.75) is 45.1 Å². The molecule has 4 N–H and O–H groups in total. The lowest BCUT2D eigenvalue weighted by atomic mass is 9.87. The number of nitrogens with zero attached hydrogens (tertiary/aromatic N) is 2. The van der Waals surface area contributed by atoms with Crippen LogP contribution in [0, 0.1) is 24.2 Å². The minimum Gasteiger partial charge on any atom is -0.347 e. The van der Waals surface area contributed by atoms with E-state index in [9.17, 15) is 5.26 Å². The number of hydrogen-bond donors (Lipinski definition) is 3. The Kier molecular flexibility index (Phi) is 9.98. The molecular formula is C28H38ClN5. The van der Waals surface area contributed by atoms with Crippen molar-refractivity contribution < 1.29 is 0 Å². The van der Waals surface area contributed by atoms with Crippen LogP contribution < -0.4 is 16.4 Å². The molecule has 0 radical (unpaired) electrons. The Labute approximate surface area is 210 Å². The summed E-state index contributed by atoms with van der Waals surface area (Å²) in [5.41, 5.74) is 11.6. The first-order valence-corrected chi connectivity index (χ1v) is 12.4. The number of nitrogens with two attached hydrogens (primary N) is 1. The minimum atomic E-state index is 0. The van der Waals surface area contributed by atoms with Gasteiger partial charge in [-0.1, -0.05) is 29.8 Å². The van der Waals surface area contributed by atoms with Crippen LogP contribution in [0.2, 0.25) is 0 Å². The molecule has 34 heavy (non-hydrogen) atoms. The van der Waals surface area contributed by atoms with Crippen LogP contribution >= 0.6 is 12.4 Å². The maximum Gasteiger partial charge on any atom is 0.0991 e. The normalized spacial score (nSPS) is 15.1. The number of halogens is 1. The largest absolute Gasteiger partial charge is 0.347 e. The molecule has 1 atom stereocenters. The third-order valence-electron chi connectivity index (χ3n) is 6.94. The van der Waals surface area contributed by atoms with Crippen molar-refractivity contribution in [2.75, 3.05) is 32.7 Å². The summed E-state index contributed by atoms with van der Waals surface area (Å²) in [5.74, 6) is 0.974. The number of nitrogens with one attached hydrogen (secondary N) is 2. The van der Waals surface area contributed by atoms with Gasteiger partial charge in [-0.2, -0.15) is 5.26 Å².